The number of likely N-dealkylation sites (tertiary alicyclic amines) is 1. The van der Waals surface area contributed by atoms with Gasteiger partial charge in [0.05, 0.1) is 19.1 Å². The molecule has 0 aliphatic carbocycles. The summed E-state index contributed by atoms with van der Waals surface area (Å²) in [4.78, 5) is 13.7. The molecule has 1 saturated heterocycles. The van der Waals surface area contributed by atoms with Crippen molar-refractivity contribution < 1.29 is 14.6 Å². The van der Waals surface area contributed by atoms with Crippen LogP contribution in [0.1, 0.15) is 26.7 Å². The van der Waals surface area contributed by atoms with E-state index >= 15 is 0 Å². The fourth-order valence-corrected chi connectivity index (χ4v) is 2.01. The summed E-state index contributed by atoms with van der Waals surface area (Å²) in [5.41, 5.74) is 0. The number of methoxy groups -OCH3 is 1. The first kappa shape index (κ1) is 12.5. The largest absolute Gasteiger partial charge is 0.469 e. The maximum atomic E-state index is 11.4. The van der Waals surface area contributed by atoms with E-state index in [0.29, 0.717) is 19.0 Å². The molecule has 0 aromatic carbocycles. The van der Waals surface area contributed by atoms with Gasteiger partial charge in [-0.2, -0.15) is 0 Å². The van der Waals surface area contributed by atoms with E-state index in [-0.39, 0.29) is 11.9 Å². The second kappa shape index (κ2) is 5.47. The number of rotatable bonds is 3. The van der Waals surface area contributed by atoms with E-state index in [1.54, 1.807) is 0 Å². The number of carbonyl (C=O) groups excluding carboxylic acids is 1. The molecule has 0 spiro atoms. The van der Waals surface area contributed by atoms with E-state index in [9.17, 15) is 9.90 Å². The van der Waals surface area contributed by atoms with Crippen LogP contribution in [0.25, 0.3) is 0 Å². The fraction of sp³-hybridized carbons (Fsp3) is 0.909. The Kier molecular flexibility index (Phi) is 4.54. The number of ether oxygens (including phenoxy) is 1. The lowest BCUT2D eigenvalue weighted by atomic mass is 9.93. The van der Waals surface area contributed by atoms with Crippen molar-refractivity contribution >= 4 is 5.97 Å². The van der Waals surface area contributed by atoms with Gasteiger partial charge in [0, 0.05) is 19.1 Å². The molecule has 3 atom stereocenters. The average molecular weight is 215 g/mol. The number of piperidine rings is 1. The lowest BCUT2D eigenvalue weighted by Gasteiger charge is -2.37. The molecule has 1 aliphatic rings. The number of aliphatic hydroxyl groups excluding tert-OH is 1. The standard InChI is InChI=1S/C11H21NO3/c1-4-8(2)12-6-5-10(13)9(7-12)11(14)15-3/h8-10,13H,4-7H2,1-3H3/t8-,9-,10-/m0/s1. The number of esters is 1. The van der Waals surface area contributed by atoms with E-state index in [1.807, 2.05) is 0 Å². The molecule has 4 heteroatoms. The molecule has 0 bridgehead atoms. The van der Waals surface area contributed by atoms with Crippen LogP contribution in [0.15, 0.2) is 0 Å². The monoisotopic (exact) mass is 215 g/mol. The van der Waals surface area contributed by atoms with E-state index in [1.165, 1.54) is 7.11 Å². The highest BCUT2D eigenvalue weighted by Gasteiger charge is 2.34. The molecule has 15 heavy (non-hydrogen) atoms. The number of hydrogen-bond acceptors (Lipinski definition) is 4. The summed E-state index contributed by atoms with van der Waals surface area (Å²) in [6.07, 6.45) is 1.17. The quantitative estimate of drug-likeness (QED) is 0.702. The Morgan fingerprint density at radius 2 is 2.33 bits per heavy atom. The number of aliphatic hydroxyl groups is 1. The van der Waals surface area contributed by atoms with E-state index < -0.39 is 6.10 Å². The molecule has 0 aromatic heterocycles. The molecule has 1 heterocycles. The predicted octanol–water partition coefficient (Wildman–Crippen LogP) is 0.641. The van der Waals surface area contributed by atoms with Crippen LogP contribution in [-0.4, -0.2) is 48.3 Å². The molecule has 0 radical (unpaired) electrons. The highest BCUT2D eigenvalue weighted by molar-refractivity contribution is 5.73. The van der Waals surface area contributed by atoms with Crippen LogP contribution in [-0.2, 0) is 9.53 Å². The summed E-state index contributed by atoms with van der Waals surface area (Å²) >= 11 is 0. The van der Waals surface area contributed by atoms with Gasteiger partial charge >= 0.3 is 5.97 Å². The Morgan fingerprint density at radius 1 is 1.67 bits per heavy atom. The Morgan fingerprint density at radius 3 is 2.87 bits per heavy atom. The van der Waals surface area contributed by atoms with Crippen LogP contribution in [0, 0.1) is 5.92 Å². The normalized spacial score (nSPS) is 29.9. The molecule has 0 aromatic rings. The van der Waals surface area contributed by atoms with Crippen LogP contribution in [0.3, 0.4) is 0 Å². The van der Waals surface area contributed by atoms with E-state index in [0.717, 1.165) is 13.0 Å². The summed E-state index contributed by atoms with van der Waals surface area (Å²) in [5.74, 6) is -0.673. The Bertz CT molecular complexity index is 220. The summed E-state index contributed by atoms with van der Waals surface area (Å²) in [5, 5.41) is 9.72. The third-order valence-electron chi connectivity index (χ3n) is 3.33. The van der Waals surface area contributed by atoms with Gasteiger partial charge in [-0.25, -0.2) is 0 Å². The Labute approximate surface area is 91.2 Å². The van der Waals surface area contributed by atoms with Crippen molar-refractivity contribution in [2.75, 3.05) is 20.2 Å². The summed E-state index contributed by atoms with van der Waals surface area (Å²) in [6.45, 7) is 5.75. The van der Waals surface area contributed by atoms with Gasteiger partial charge in [0.1, 0.15) is 0 Å². The molecule has 0 saturated carbocycles. The zero-order chi connectivity index (χ0) is 11.4. The lowest BCUT2D eigenvalue weighted by Crippen LogP contribution is -2.49. The molecule has 1 fully saturated rings. The minimum Gasteiger partial charge on any atom is -0.469 e. The van der Waals surface area contributed by atoms with Crippen LogP contribution in [0.4, 0.5) is 0 Å². The van der Waals surface area contributed by atoms with Gasteiger partial charge in [0.15, 0.2) is 0 Å². The van der Waals surface area contributed by atoms with Crippen LogP contribution >= 0.6 is 0 Å². The Hall–Kier alpha value is -0.610. The van der Waals surface area contributed by atoms with Gasteiger partial charge in [-0.3, -0.25) is 9.69 Å². The van der Waals surface area contributed by atoms with Crippen LogP contribution in [0.2, 0.25) is 0 Å². The van der Waals surface area contributed by atoms with Crippen molar-refractivity contribution in [1.82, 2.24) is 4.90 Å². The maximum Gasteiger partial charge on any atom is 0.312 e. The van der Waals surface area contributed by atoms with Crippen molar-refractivity contribution in [1.29, 1.82) is 0 Å². The summed E-state index contributed by atoms with van der Waals surface area (Å²) in [6, 6.07) is 0.463. The molecule has 88 valence electrons. The van der Waals surface area contributed by atoms with E-state index in [4.69, 9.17) is 4.74 Å². The average Bonchev–Trinajstić information content (AvgIpc) is 2.27. The van der Waals surface area contributed by atoms with Gasteiger partial charge in [-0.05, 0) is 19.8 Å². The zero-order valence-electron chi connectivity index (χ0n) is 9.77. The van der Waals surface area contributed by atoms with Crippen molar-refractivity contribution in [2.24, 2.45) is 5.92 Å². The fourth-order valence-electron chi connectivity index (χ4n) is 2.01. The molecule has 0 unspecified atom stereocenters. The van der Waals surface area contributed by atoms with Gasteiger partial charge in [-0.15, -0.1) is 0 Å². The van der Waals surface area contributed by atoms with E-state index in [2.05, 4.69) is 18.7 Å². The molecule has 0 amide bonds. The number of hydrogen-bond donors (Lipinski definition) is 1. The maximum absolute atomic E-state index is 11.4. The first-order valence-corrected chi connectivity index (χ1v) is 5.60. The minimum absolute atomic E-state index is 0.296. The molecule has 1 rings (SSSR count). The molecular weight excluding hydrogens is 194 g/mol. The highest BCUT2D eigenvalue weighted by atomic mass is 16.5. The second-order valence-corrected chi connectivity index (χ2v) is 4.24. The third-order valence-corrected chi connectivity index (χ3v) is 3.33. The number of nitrogens with zero attached hydrogens (tertiary/aromatic N) is 1. The molecule has 4 nitrogen and oxygen atoms in total. The van der Waals surface area contributed by atoms with Gasteiger partial charge in [0.2, 0.25) is 0 Å². The third kappa shape index (κ3) is 2.92. The number of carbonyl (C=O) groups is 1. The van der Waals surface area contributed by atoms with Crippen LogP contribution < -0.4 is 0 Å². The second-order valence-electron chi connectivity index (χ2n) is 4.24. The molecular formula is C11H21NO3. The summed E-state index contributed by atoms with van der Waals surface area (Å²) in [7, 11) is 1.37. The lowest BCUT2D eigenvalue weighted by molar-refractivity contribution is -0.153. The van der Waals surface area contributed by atoms with Crippen molar-refractivity contribution in [3.63, 3.8) is 0 Å². The highest BCUT2D eigenvalue weighted by Crippen LogP contribution is 2.21. The molecule has 1 N–H and O–H groups in total. The zero-order valence-corrected chi connectivity index (χ0v) is 9.77. The smallest absolute Gasteiger partial charge is 0.312 e. The van der Waals surface area contributed by atoms with Crippen molar-refractivity contribution in [3.05, 3.63) is 0 Å². The first-order chi connectivity index (χ1) is 7.10. The van der Waals surface area contributed by atoms with Crippen molar-refractivity contribution in [3.8, 4) is 0 Å². The predicted molar refractivity (Wildman–Crippen MR) is 57.5 cm³/mol. The summed E-state index contributed by atoms with van der Waals surface area (Å²) < 4.78 is 4.70. The van der Waals surface area contributed by atoms with Crippen molar-refractivity contribution in [2.45, 2.75) is 38.8 Å². The topological polar surface area (TPSA) is 49.8 Å². The SMILES string of the molecule is CC[C@H](C)N1CC[C@H](O)[C@@H](C(=O)OC)C1. The Balaban J connectivity index is 2.59. The van der Waals surface area contributed by atoms with Gasteiger partial charge in [-0.1, -0.05) is 6.92 Å². The first-order valence-electron chi connectivity index (χ1n) is 5.60. The minimum atomic E-state index is -0.544. The van der Waals surface area contributed by atoms with Gasteiger partial charge in [0.25, 0.3) is 0 Å². The molecule has 1 aliphatic heterocycles. The van der Waals surface area contributed by atoms with Crippen LogP contribution in [0.5, 0.6) is 0 Å². The van der Waals surface area contributed by atoms with Gasteiger partial charge < -0.3 is 9.84 Å².